The van der Waals surface area contributed by atoms with Gasteiger partial charge in [0.05, 0.1) is 11.4 Å². The lowest BCUT2D eigenvalue weighted by atomic mass is 9.82. The lowest BCUT2D eigenvalue weighted by Gasteiger charge is -2.32. The highest BCUT2D eigenvalue weighted by atomic mass is 14.9. The van der Waals surface area contributed by atoms with E-state index in [1.54, 1.807) is 0 Å². The first kappa shape index (κ1) is 10.1. The van der Waals surface area contributed by atoms with Gasteiger partial charge >= 0.3 is 0 Å². The maximum absolute atomic E-state index is 6.04. The van der Waals surface area contributed by atoms with Crippen molar-refractivity contribution in [3.8, 4) is 0 Å². The first-order chi connectivity index (χ1) is 5.97. The summed E-state index contributed by atoms with van der Waals surface area (Å²) >= 11 is 0. The molecule has 1 aliphatic carbocycles. The second-order valence-corrected chi connectivity index (χ2v) is 3.87. The zero-order valence-corrected chi connectivity index (χ0v) is 8.59. The molecule has 0 aromatic heterocycles. The van der Waals surface area contributed by atoms with Crippen molar-refractivity contribution in [3.63, 3.8) is 0 Å². The van der Waals surface area contributed by atoms with Gasteiger partial charge in [-0.25, -0.2) is 0 Å². The van der Waals surface area contributed by atoms with E-state index in [2.05, 4.69) is 25.2 Å². The van der Waals surface area contributed by atoms with E-state index in [9.17, 15) is 0 Å². The van der Waals surface area contributed by atoms with Crippen LogP contribution in [0.2, 0.25) is 0 Å². The molecule has 1 aliphatic rings. The molecule has 2 unspecified atom stereocenters. The van der Waals surface area contributed by atoms with E-state index >= 15 is 0 Å². The van der Waals surface area contributed by atoms with Crippen LogP contribution in [0, 0.1) is 5.92 Å². The second kappa shape index (κ2) is 3.42. The molecule has 0 spiro atoms. The Kier molecular flexibility index (Phi) is 2.66. The van der Waals surface area contributed by atoms with E-state index < -0.39 is 0 Å². The van der Waals surface area contributed by atoms with Crippen LogP contribution in [0.25, 0.3) is 0 Å². The average Bonchev–Trinajstić information content (AvgIpc) is 2.00. The molecule has 0 amide bonds. The SMILES string of the molecule is CCNC1=CC(C)C(C)(N)C=C1N. The van der Waals surface area contributed by atoms with E-state index in [0.29, 0.717) is 5.92 Å². The van der Waals surface area contributed by atoms with Crippen LogP contribution < -0.4 is 16.8 Å². The molecule has 0 aliphatic heterocycles. The van der Waals surface area contributed by atoms with E-state index in [4.69, 9.17) is 11.5 Å². The third-order valence-corrected chi connectivity index (χ3v) is 2.54. The van der Waals surface area contributed by atoms with Gasteiger partial charge in [0.1, 0.15) is 0 Å². The Morgan fingerprint density at radius 1 is 1.62 bits per heavy atom. The van der Waals surface area contributed by atoms with Gasteiger partial charge in [-0.15, -0.1) is 0 Å². The first-order valence-electron chi connectivity index (χ1n) is 4.70. The minimum atomic E-state index is -0.316. The van der Waals surface area contributed by atoms with Gasteiger partial charge < -0.3 is 16.8 Å². The Morgan fingerprint density at radius 2 is 2.23 bits per heavy atom. The van der Waals surface area contributed by atoms with Crippen molar-refractivity contribution in [2.24, 2.45) is 17.4 Å². The summed E-state index contributed by atoms with van der Waals surface area (Å²) < 4.78 is 0. The standard InChI is InChI=1S/C10H19N3/c1-4-13-9-5-7(2)10(3,12)6-8(9)11/h5-7,13H,4,11-12H2,1-3H3. The molecule has 0 fully saturated rings. The predicted octanol–water partition coefficient (Wildman–Crippen LogP) is 0.690. The van der Waals surface area contributed by atoms with Gasteiger partial charge in [0.25, 0.3) is 0 Å². The Hall–Kier alpha value is -0.960. The molecule has 1 rings (SSSR count). The summed E-state index contributed by atoms with van der Waals surface area (Å²) in [5.74, 6) is 0.314. The molecule has 0 aromatic carbocycles. The Labute approximate surface area is 79.9 Å². The van der Waals surface area contributed by atoms with Crippen LogP contribution in [0.15, 0.2) is 23.5 Å². The van der Waals surface area contributed by atoms with Gasteiger partial charge in [-0.3, -0.25) is 0 Å². The second-order valence-electron chi connectivity index (χ2n) is 3.87. The van der Waals surface area contributed by atoms with Crippen molar-refractivity contribution in [2.75, 3.05) is 6.54 Å². The molecule has 3 heteroatoms. The van der Waals surface area contributed by atoms with Crippen molar-refractivity contribution >= 4 is 0 Å². The maximum Gasteiger partial charge on any atom is 0.0534 e. The van der Waals surface area contributed by atoms with Crippen molar-refractivity contribution in [2.45, 2.75) is 26.3 Å². The Morgan fingerprint density at radius 3 is 2.77 bits per heavy atom. The number of hydrogen-bond acceptors (Lipinski definition) is 3. The molecule has 0 heterocycles. The van der Waals surface area contributed by atoms with Crippen molar-refractivity contribution in [1.82, 2.24) is 5.32 Å². The van der Waals surface area contributed by atoms with Gasteiger partial charge in [0.2, 0.25) is 0 Å². The molecule has 3 nitrogen and oxygen atoms in total. The molecule has 0 aromatic rings. The highest BCUT2D eigenvalue weighted by molar-refractivity contribution is 5.36. The summed E-state index contributed by atoms with van der Waals surface area (Å²) in [6, 6.07) is 0. The molecule has 0 saturated heterocycles. The fourth-order valence-electron chi connectivity index (χ4n) is 1.42. The smallest absolute Gasteiger partial charge is 0.0534 e. The molecule has 0 saturated carbocycles. The molecule has 13 heavy (non-hydrogen) atoms. The van der Waals surface area contributed by atoms with E-state index in [1.165, 1.54) is 0 Å². The largest absolute Gasteiger partial charge is 0.397 e. The quantitative estimate of drug-likeness (QED) is 0.587. The minimum absolute atomic E-state index is 0.314. The number of nitrogens with two attached hydrogens (primary N) is 2. The summed E-state index contributed by atoms with van der Waals surface area (Å²) in [4.78, 5) is 0. The van der Waals surface area contributed by atoms with Crippen LogP contribution in [-0.2, 0) is 0 Å². The lowest BCUT2D eigenvalue weighted by molar-refractivity contribution is 0.445. The minimum Gasteiger partial charge on any atom is -0.397 e. The predicted molar refractivity (Wildman–Crippen MR) is 55.8 cm³/mol. The Balaban J connectivity index is 2.87. The molecule has 74 valence electrons. The average molecular weight is 181 g/mol. The van der Waals surface area contributed by atoms with Gasteiger partial charge in [0, 0.05) is 12.1 Å². The summed E-state index contributed by atoms with van der Waals surface area (Å²) in [5, 5.41) is 3.21. The normalized spacial score (nSPS) is 33.7. The number of hydrogen-bond donors (Lipinski definition) is 3. The van der Waals surface area contributed by atoms with E-state index in [1.807, 2.05) is 13.0 Å². The van der Waals surface area contributed by atoms with E-state index in [0.717, 1.165) is 17.9 Å². The lowest BCUT2D eigenvalue weighted by Crippen LogP contribution is -2.44. The molecule has 2 atom stereocenters. The topological polar surface area (TPSA) is 64.1 Å². The highest BCUT2D eigenvalue weighted by Crippen LogP contribution is 2.25. The van der Waals surface area contributed by atoms with Gasteiger partial charge in [-0.1, -0.05) is 13.0 Å². The molecule has 0 bridgehead atoms. The monoisotopic (exact) mass is 181 g/mol. The van der Waals surface area contributed by atoms with Gasteiger partial charge in [-0.2, -0.15) is 0 Å². The molecular formula is C10H19N3. The van der Waals surface area contributed by atoms with Crippen LogP contribution in [0.3, 0.4) is 0 Å². The van der Waals surface area contributed by atoms with E-state index in [-0.39, 0.29) is 5.54 Å². The summed E-state index contributed by atoms with van der Waals surface area (Å²) in [6.45, 7) is 7.02. The van der Waals surface area contributed by atoms with Crippen LogP contribution in [-0.4, -0.2) is 12.1 Å². The van der Waals surface area contributed by atoms with Crippen LogP contribution >= 0.6 is 0 Å². The highest BCUT2D eigenvalue weighted by Gasteiger charge is 2.27. The third kappa shape index (κ3) is 2.04. The number of rotatable bonds is 2. The zero-order chi connectivity index (χ0) is 10.1. The molecule has 0 radical (unpaired) electrons. The third-order valence-electron chi connectivity index (χ3n) is 2.54. The zero-order valence-electron chi connectivity index (χ0n) is 8.59. The number of likely N-dealkylation sites (N-methyl/N-ethyl adjacent to an activating group) is 1. The van der Waals surface area contributed by atoms with Crippen molar-refractivity contribution in [3.05, 3.63) is 23.5 Å². The van der Waals surface area contributed by atoms with Crippen LogP contribution in [0.5, 0.6) is 0 Å². The summed E-state index contributed by atoms with van der Waals surface area (Å²) in [6.07, 6.45) is 4.02. The van der Waals surface area contributed by atoms with Crippen molar-refractivity contribution in [1.29, 1.82) is 0 Å². The first-order valence-corrected chi connectivity index (χ1v) is 4.70. The molecular weight excluding hydrogens is 162 g/mol. The fourth-order valence-corrected chi connectivity index (χ4v) is 1.42. The Bertz CT molecular complexity index is 251. The van der Waals surface area contributed by atoms with Gasteiger partial charge in [-0.05, 0) is 25.8 Å². The van der Waals surface area contributed by atoms with Crippen LogP contribution in [0.1, 0.15) is 20.8 Å². The fraction of sp³-hybridized carbons (Fsp3) is 0.600. The summed E-state index contributed by atoms with van der Waals surface area (Å²) in [5.41, 5.74) is 13.3. The summed E-state index contributed by atoms with van der Waals surface area (Å²) in [7, 11) is 0. The number of nitrogens with one attached hydrogen (secondary N) is 1. The van der Waals surface area contributed by atoms with Gasteiger partial charge in [0.15, 0.2) is 0 Å². The van der Waals surface area contributed by atoms with Crippen molar-refractivity contribution < 1.29 is 0 Å². The molecule has 5 N–H and O–H groups in total. The van der Waals surface area contributed by atoms with Crippen LogP contribution in [0.4, 0.5) is 0 Å². The maximum atomic E-state index is 6.04.